The second kappa shape index (κ2) is 10.8. The fraction of sp³-hybridized carbons (Fsp3) is 0.300. The summed E-state index contributed by atoms with van der Waals surface area (Å²) in [7, 11) is -1.96. The number of anilines is 2. The van der Waals surface area contributed by atoms with E-state index in [9.17, 15) is 22.0 Å². The standard InChI is InChI=1S/C18H18F2N6O4S.C2H6/c1-10-14(24-31(3,28)29)6-7-15(21-10)16-17(26(2)25-23-16)22-18(27)30-9-11-8-12(19)4-5-13(11)20;1-2/h4-8,24H,9H2,1-3H3,(H,22,27);1-2H3. The molecule has 0 aliphatic carbocycles. The Hall–Kier alpha value is -3.61. The quantitative estimate of drug-likeness (QED) is 0.549. The number of aromatic nitrogens is 4. The largest absolute Gasteiger partial charge is 0.444 e. The van der Waals surface area contributed by atoms with Gasteiger partial charge in [0.1, 0.15) is 18.2 Å². The van der Waals surface area contributed by atoms with Crippen molar-refractivity contribution in [3.05, 3.63) is 53.2 Å². The number of nitrogens with one attached hydrogen (secondary N) is 2. The first kappa shape index (κ1) is 25.6. The number of rotatable bonds is 6. The van der Waals surface area contributed by atoms with E-state index >= 15 is 0 Å². The number of sulfonamides is 1. The number of benzene rings is 1. The predicted molar refractivity (Wildman–Crippen MR) is 119 cm³/mol. The van der Waals surface area contributed by atoms with Gasteiger partial charge in [0.2, 0.25) is 10.0 Å². The highest BCUT2D eigenvalue weighted by Gasteiger charge is 2.19. The van der Waals surface area contributed by atoms with E-state index in [0.717, 1.165) is 24.5 Å². The summed E-state index contributed by atoms with van der Waals surface area (Å²) in [5.74, 6) is -1.23. The van der Waals surface area contributed by atoms with Gasteiger partial charge in [0.05, 0.1) is 23.3 Å². The summed E-state index contributed by atoms with van der Waals surface area (Å²) in [5.41, 5.74) is 1.07. The van der Waals surface area contributed by atoms with E-state index in [1.165, 1.54) is 23.9 Å². The van der Waals surface area contributed by atoms with Crippen LogP contribution in [-0.4, -0.2) is 40.7 Å². The van der Waals surface area contributed by atoms with E-state index in [0.29, 0.717) is 17.1 Å². The molecule has 178 valence electrons. The van der Waals surface area contributed by atoms with Gasteiger partial charge in [0, 0.05) is 12.6 Å². The number of carbonyl (C=O) groups excluding carboxylic acids is 1. The summed E-state index contributed by atoms with van der Waals surface area (Å²) in [6.45, 7) is 5.11. The molecule has 2 N–H and O–H groups in total. The van der Waals surface area contributed by atoms with Gasteiger partial charge in [0.25, 0.3) is 0 Å². The first-order valence-corrected chi connectivity index (χ1v) is 11.7. The smallest absolute Gasteiger partial charge is 0.413 e. The summed E-state index contributed by atoms with van der Waals surface area (Å²) < 4.78 is 58.3. The molecule has 0 radical (unpaired) electrons. The van der Waals surface area contributed by atoms with E-state index in [1.54, 1.807) is 6.92 Å². The molecule has 2 aromatic heterocycles. The molecule has 33 heavy (non-hydrogen) atoms. The number of amides is 1. The topological polar surface area (TPSA) is 128 Å². The van der Waals surface area contributed by atoms with Crippen molar-refractivity contribution >= 4 is 27.6 Å². The van der Waals surface area contributed by atoms with Crippen molar-refractivity contribution in [2.45, 2.75) is 27.4 Å². The number of pyridine rings is 1. The van der Waals surface area contributed by atoms with Crippen molar-refractivity contribution in [2.75, 3.05) is 16.3 Å². The van der Waals surface area contributed by atoms with Crippen LogP contribution in [0.3, 0.4) is 0 Å². The van der Waals surface area contributed by atoms with Gasteiger partial charge in [-0.1, -0.05) is 19.1 Å². The third kappa shape index (κ3) is 6.94. The fourth-order valence-electron chi connectivity index (χ4n) is 2.60. The van der Waals surface area contributed by atoms with Crippen molar-refractivity contribution in [1.29, 1.82) is 0 Å². The van der Waals surface area contributed by atoms with Crippen LogP contribution in [0, 0.1) is 18.6 Å². The zero-order valence-corrected chi connectivity index (χ0v) is 19.5. The van der Waals surface area contributed by atoms with Crippen molar-refractivity contribution < 1.29 is 26.7 Å². The van der Waals surface area contributed by atoms with Gasteiger partial charge >= 0.3 is 6.09 Å². The summed E-state index contributed by atoms with van der Waals surface area (Å²) in [6.07, 6.45) is 0.0780. The minimum Gasteiger partial charge on any atom is -0.444 e. The zero-order valence-electron chi connectivity index (χ0n) is 18.7. The van der Waals surface area contributed by atoms with Crippen molar-refractivity contribution in [3.63, 3.8) is 0 Å². The summed E-state index contributed by atoms with van der Waals surface area (Å²) in [5, 5.41) is 10.2. The molecule has 1 amide bonds. The average Bonchev–Trinajstić information content (AvgIpc) is 3.11. The number of halogens is 2. The number of ether oxygens (including phenoxy) is 1. The molecule has 2 heterocycles. The van der Waals surface area contributed by atoms with Gasteiger partial charge in [-0.2, -0.15) is 0 Å². The lowest BCUT2D eigenvalue weighted by molar-refractivity contribution is 0.153. The predicted octanol–water partition coefficient (Wildman–Crippen LogP) is 3.61. The first-order valence-electron chi connectivity index (χ1n) is 9.76. The van der Waals surface area contributed by atoms with Crippen molar-refractivity contribution in [3.8, 4) is 11.4 Å². The highest BCUT2D eigenvalue weighted by Crippen LogP contribution is 2.26. The van der Waals surface area contributed by atoms with Crippen LogP contribution in [0.4, 0.5) is 25.1 Å². The monoisotopic (exact) mass is 482 g/mol. The average molecular weight is 483 g/mol. The Morgan fingerprint density at radius 3 is 2.52 bits per heavy atom. The van der Waals surface area contributed by atoms with Crippen molar-refractivity contribution in [2.24, 2.45) is 7.05 Å². The molecule has 0 aliphatic heterocycles. The van der Waals surface area contributed by atoms with Gasteiger partial charge in [-0.15, -0.1) is 5.10 Å². The lowest BCUT2D eigenvalue weighted by Crippen LogP contribution is -2.17. The van der Waals surface area contributed by atoms with Gasteiger partial charge < -0.3 is 4.74 Å². The van der Waals surface area contributed by atoms with Crippen LogP contribution >= 0.6 is 0 Å². The Kier molecular flexibility index (Phi) is 8.40. The molecule has 0 fully saturated rings. The van der Waals surface area contributed by atoms with Crippen molar-refractivity contribution in [1.82, 2.24) is 20.0 Å². The molecule has 0 unspecified atom stereocenters. The Balaban J connectivity index is 0.00000187. The van der Waals surface area contributed by atoms with Crippen LogP contribution in [0.1, 0.15) is 25.1 Å². The van der Waals surface area contributed by atoms with Gasteiger partial charge in [-0.25, -0.2) is 31.7 Å². The Morgan fingerprint density at radius 1 is 1.18 bits per heavy atom. The first-order chi connectivity index (χ1) is 15.5. The maximum atomic E-state index is 13.7. The molecule has 0 saturated carbocycles. The molecule has 3 aromatic rings. The van der Waals surface area contributed by atoms with E-state index in [-0.39, 0.29) is 17.1 Å². The van der Waals surface area contributed by atoms with Crippen LogP contribution in [0.15, 0.2) is 30.3 Å². The molecule has 0 bridgehead atoms. The van der Waals surface area contributed by atoms with Crippen LogP contribution in [0.25, 0.3) is 11.4 Å². The number of hydrogen-bond acceptors (Lipinski definition) is 7. The highest BCUT2D eigenvalue weighted by molar-refractivity contribution is 7.92. The third-order valence-corrected chi connectivity index (χ3v) is 4.63. The maximum Gasteiger partial charge on any atom is 0.413 e. The normalized spacial score (nSPS) is 10.8. The van der Waals surface area contributed by atoms with Crippen LogP contribution in [-0.2, 0) is 28.4 Å². The van der Waals surface area contributed by atoms with Gasteiger partial charge in [-0.05, 0) is 37.3 Å². The zero-order chi connectivity index (χ0) is 24.8. The lowest BCUT2D eigenvalue weighted by atomic mass is 10.2. The van der Waals surface area contributed by atoms with Gasteiger partial charge in [0.15, 0.2) is 11.5 Å². The number of hydrogen-bond donors (Lipinski definition) is 2. The van der Waals surface area contributed by atoms with E-state index < -0.39 is 34.4 Å². The molecule has 10 nitrogen and oxygen atoms in total. The third-order valence-electron chi connectivity index (χ3n) is 4.04. The Morgan fingerprint density at radius 2 is 1.88 bits per heavy atom. The molecular formula is C20H24F2N6O4S. The van der Waals surface area contributed by atoms with E-state index in [4.69, 9.17) is 4.74 Å². The lowest BCUT2D eigenvalue weighted by Gasteiger charge is -2.10. The minimum absolute atomic E-state index is 0.121. The summed E-state index contributed by atoms with van der Waals surface area (Å²) in [6, 6.07) is 5.83. The summed E-state index contributed by atoms with van der Waals surface area (Å²) in [4.78, 5) is 16.5. The molecule has 1 aromatic carbocycles. The SMILES string of the molecule is CC.Cc1nc(-c2nnn(C)c2NC(=O)OCc2cc(F)ccc2F)ccc1NS(C)(=O)=O. The molecule has 0 atom stereocenters. The second-order valence-corrected chi connectivity index (χ2v) is 8.30. The van der Waals surface area contributed by atoms with Crippen LogP contribution in [0.2, 0.25) is 0 Å². The van der Waals surface area contributed by atoms with E-state index in [2.05, 4.69) is 25.3 Å². The molecule has 13 heteroatoms. The maximum absolute atomic E-state index is 13.7. The second-order valence-electron chi connectivity index (χ2n) is 6.55. The highest BCUT2D eigenvalue weighted by atomic mass is 32.2. The number of nitrogens with zero attached hydrogens (tertiary/aromatic N) is 4. The summed E-state index contributed by atoms with van der Waals surface area (Å²) >= 11 is 0. The molecular weight excluding hydrogens is 458 g/mol. The number of aryl methyl sites for hydroxylation is 2. The van der Waals surface area contributed by atoms with E-state index in [1.807, 2.05) is 13.8 Å². The molecule has 3 rings (SSSR count). The Bertz CT molecular complexity index is 1250. The van der Waals surface area contributed by atoms with Crippen LogP contribution in [0.5, 0.6) is 0 Å². The Labute approximate surface area is 190 Å². The molecule has 0 aliphatic rings. The van der Waals surface area contributed by atoms with Gasteiger partial charge in [-0.3, -0.25) is 10.0 Å². The number of carbonyl (C=O) groups is 1. The molecule has 0 saturated heterocycles. The fourth-order valence-corrected chi connectivity index (χ4v) is 3.22. The van der Waals surface area contributed by atoms with Crippen LogP contribution < -0.4 is 10.0 Å². The minimum atomic E-state index is -3.48. The molecule has 0 spiro atoms.